The molecule has 2 rings (SSSR count). The summed E-state index contributed by atoms with van der Waals surface area (Å²) in [6.45, 7) is 1.18. The van der Waals surface area contributed by atoms with Gasteiger partial charge in [-0.3, -0.25) is 4.79 Å². The molecule has 0 bridgehead atoms. The van der Waals surface area contributed by atoms with Gasteiger partial charge in [-0.05, 0) is 49.9 Å². The Hall–Kier alpha value is -1.75. The van der Waals surface area contributed by atoms with Crippen molar-refractivity contribution in [3.8, 4) is 11.5 Å². The zero-order chi connectivity index (χ0) is 14.1. The molecule has 4 N–H and O–H groups in total. The van der Waals surface area contributed by atoms with E-state index < -0.39 is 0 Å². The van der Waals surface area contributed by atoms with Crippen LogP contribution in [-0.4, -0.2) is 29.3 Å². The molecule has 1 saturated heterocycles. The van der Waals surface area contributed by atoms with Crippen LogP contribution in [0.3, 0.4) is 0 Å². The van der Waals surface area contributed by atoms with E-state index in [9.17, 15) is 4.79 Å². The van der Waals surface area contributed by atoms with Crippen molar-refractivity contribution < 1.29 is 19.7 Å². The molecule has 1 aromatic carbocycles. The van der Waals surface area contributed by atoms with E-state index in [1.54, 1.807) is 6.07 Å². The Labute approximate surface area is 113 Å². The maximum atomic E-state index is 10.5. The van der Waals surface area contributed by atoms with Crippen LogP contribution in [0.25, 0.3) is 0 Å². The van der Waals surface area contributed by atoms with Crippen LogP contribution in [0, 0.1) is 0 Å². The number of carbonyl (C=O) groups excluding carboxylic acids is 1. The quantitative estimate of drug-likeness (QED) is 0.560. The van der Waals surface area contributed by atoms with Gasteiger partial charge in [0.2, 0.25) is 0 Å². The van der Waals surface area contributed by atoms with Gasteiger partial charge in [-0.15, -0.1) is 0 Å². The molecule has 1 aliphatic heterocycles. The number of carbonyl (C=O) groups is 1. The Morgan fingerprint density at radius 1 is 1.16 bits per heavy atom. The Morgan fingerprint density at radius 2 is 1.95 bits per heavy atom. The number of phenolic OH excluding ortho intramolecular Hbond substituents is 2. The molecule has 0 radical (unpaired) electrons. The number of phenols is 2. The molecule has 1 heterocycles. The van der Waals surface area contributed by atoms with Gasteiger partial charge in [0.25, 0.3) is 0 Å². The van der Waals surface area contributed by atoms with Gasteiger partial charge in [0.1, 0.15) is 0 Å². The first-order chi connectivity index (χ1) is 9.13. The molecule has 1 aromatic rings. The predicted octanol–water partition coefficient (Wildman–Crippen LogP) is 1.70. The smallest absolute Gasteiger partial charge is 0.305 e. The summed E-state index contributed by atoms with van der Waals surface area (Å²) in [7, 11) is 0. The minimum absolute atomic E-state index is 0.0255. The number of rotatable bonds is 2. The number of esters is 1. The van der Waals surface area contributed by atoms with Crippen LogP contribution in [0.1, 0.15) is 31.2 Å². The van der Waals surface area contributed by atoms with Gasteiger partial charge in [0, 0.05) is 6.42 Å². The zero-order valence-corrected chi connectivity index (χ0v) is 11.0. The van der Waals surface area contributed by atoms with E-state index in [4.69, 9.17) is 20.7 Å². The maximum Gasteiger partial charge on any atom is 0.305 e. The Kier molecular flexibility index (Phi) is 6.74. The fourth-order valence-electron chi connectivity index (χ4n) is 1.70. The largest absolute Gasteiger partial charge is 0.504 e. The number of nitrogens with two attached hydrogens (primary N) is 1. The van der Waals surface area contributed by atoms with Gasteiger partial charge in [-0.25, -0.2) is 0 Å². The van der Waals surface area contributed by atoms with Gasteiger partial charge >= 0.3 is 5.97 Å². The van der Waals surface area contributed by atoms with Crippen LogP contribution in [0.5, 0.6) is 11.5 Å². The van der Waals surface area contributed by atoms with E-state index in [-0.39, 0.29) is 17.5 Å². The second kappa shape index (κ2) is 8.37. The summed E-state index contributed by atoms with van der Waals surface area (Å²) in [4.78, 5) is 10.5. The molecule has 106 valence electrons. The Bertz CT molecular complexity index is 396. The van der Waals surface area contributed by atoms with Crippen molar-refractivity contribution in [1.29, 1.82) is 0 Å². The summed E-state index contributed by atoms with van der Waals surface area (Å²) >= 11 is 0. The van der Waals surface area contributed by atoms with Crippen molar-refractivity contribution in [2.24, 2.45) is 5.73 Å². The summed E-state index contributed by atoms with van der Waals surface area (Å²) < 4.78 is 4.76. The highest BCUT2D eigenvalue weighted by atomic mass is 16.5. The third-order valence-corrected chi connectivity index (χ3v) is 2.76. The monoisotopic (exact) mass is 267 g/mol. The second-order valence-electron chi connectivity index (χ2n) is 4.39. The first kappa shape index (κ1) is 15.3. The molecular weight excluding hydrogens is 246 g/mol. The standard InChI is InChI=1S/C8H11NO2.C6H10O2/c9-4-3-6-1-2-7(10)8(11)5-6;7-6-4-2-1-3-5-8-6/h1-2,5,10-11H,3-4,9H2;1-5H2. The number of cyclic esters (lactones) is 1. The minimum atomic E-state index is -0.0919. The van der Waals surface area contributed by atoms with Gasteiger partial charge in [-0.2, -0.15) is 0 Å². The summed E-state index contributed by atoms with van der Waals surface area (Å²) in [6.07, 6.45) is 4.55. The third-order valence-electron chi connectivity index (χ3n) is 2.76. The molecule has 0 aliphatic carbocycles. The van der Waals surface area contributed by atoms with Crippen molar-refractivity contribution in [2.45, 2.75) is 32.1 Å². The van der Waals surface area contributed by atoms with Gasteiger partial charge in [0.05, 0.1) is 6.61 Å². The van der Waals surface area contributed by atoms with Gasteiger partial charge in [-0.1, -0.05) is 6.07 Å². The zero-order valence-electron chi connectivity index (χ0n) is 11.0. The van der Waals surface area contributed by atoms with Crippen molar-refractivity contribution >= 4 is 5.97 Å². The van der Waals surface area contributed by atoms with E-state index in [2.05, 4.69) is 0 Å². The molecule has 0 saturated carbocycles. The predicted molar refractivity (Wildman–Crippen MR) is 72.0 cm³/mol. The SMILES string of the molecule is NCCc1ccc(O)c(O)c1.O=C1CCCCCO1. The fourth-order valence-corrected chi connectivity index (χ4v) is 1.70. The summed E-state index contributed by atoms with van der Waals surface area (Å²) in [6, 6.07) is 4.71. The highest BCUT2D eigenvalue weighted by molar-refractivity contribution is 5.69. The number of aromatic hydroxyl groups is 2. The van der Waals surface area contributed by atoms with Crippen molar-refractivity contribution in [3.63, 3.8) is 0 Å². The average Bonchev–Trinajstić information content (AvgIpc) is 2.63. The average molecular weight is 267 g/mol. The molecule has 0 amide bonds. The van der Waals surface area contributed by atoms with Crippen LogP contribution in [0.4, 0.5) is 0 Å². The summed E-state index contributed by atoms with van der Waals surface area (Å²) in [5.74, 6) is -0.204. The maximum absolute atomic E-state index is 10.5. The number of hydrogen-bond acceptors (Lipinski definition) is 5. The van der Waals surface area contributed by atoms with E-state index >= 15 is 0 Å². The second-order valence-corrected chi connectivity index (χ2v) is 4.39. The number of benzene rings is 1. The molecule has 1 aliphatic rings. The number of ether oxygens (including phenoxy) is 1. The molecule has 0 unspecified atom stereocenters. The molecule has 19 heavy (non-hydrogen) atoms. The normalized spacial score (nSPS) is 14.9. The first-order valence-corrected chi connectivity index (χ1v) is 6.50. The molecule has 5 nitrogen and oxygen atoms in total. The van der Waals surface area contributed by atoms with Crippen molar-refractivity contribution in [3.05, 3.63) is 23.8 Å². The lowest BCUT2D eigenvalue weighted by atomic mass is 10.1. The highest BCUT2D eigenvalue weighted by Gasteiger charge is 2.05. The van der Waals surface area contributed by atoms with Crippen LogP contribution < -0.4 is 5.73 Å². The lowest BCUT2D eigenvalue weighted by molar-refractivity contribution is -0.142. The molecular formula is C14H21NO4. The lowest BCUT2D eigenvalue weighted by Crippen LogP contribution is -2.02. The van der Waals surface area contributed by atoms with Crippen molar-refractivity contribution in [1.82, 2.24) is 0 Å². The lowest BCUT2D eigenvalue weighted by Gasteiger charge is -2.00. The van der Waals surface area contributed by atoms with Crippen LogP contribution in [-0.2, 0) is 16.0 Å². The molecule has 1 fully saturated rings. The van der Waals surface area contributed by atoms with Crippen LogP contribution in [0.2, 0.25) is 0 Å². The summed E-state index contributed by atoms with van der Waals surface area (Å²) in [5, 5.41) is 18.0. The molecule has 0 spiro atoms. The van der Waals surface area contributed by atoms with E-state index in [0.717, 1.165) is 24.8 Å². The fraction of sp³-hybridized carbons (Fsp3) is 0.500. The Morgan fingerprint density at radius 3 is 2.63 bits per heavy atom. The van der Waals surface area contributed by atoms with Crippen LogP contribution in [0.15, 0.2) is 18.2 Å². The molecule has 0 atom stereocenters. The first-order valence-electron chi connectivity index (χ1n) is 6.50. The Balaban J connectivity index is 0.000000200. The number of hydrogen-bond donors (Lipinski definition) is 3. The minimum Gasteiger partial charge on any atom is -0.504 e. The van der Waals surface area contributed by atoms with Crippen molar-refractivity contribution in [2.75, 3.05) is 13.2 Å². The summed E-state index contributed by atoms with van der Waals surface area (Å²) in [5.41, 5.74) is 6.24. The molecule has 5 heteroatoms. The van der Waals surface area contributed by atoms with E-state index in [0.29, 0.717) is 26.0 Å². The topological polar surface area (TPSA) is 92.8 Å². The van der Waals surface area contributed by atoms with Gasteiger partial charge in [0.15, 0.2) is 11.5 Å². The third kappa shape index (κ3) is 6.10. The molecule has 0 aromatic heterocycles. The van der Waals surface area contributed by atoms with Gasteiger partial charge < -0.3 is 20.7 Å². The highest BCUT2D eigenvalue weighted by Crippen LogP contribution is 2.24. The van der Waals surface area contributed by atoms with Crippen LogP contribution >= 0.6 is 0 Å². The van der Waals surface area contributed by atoms with E-state index in [1.165, 1.54) is 12.1 Å². The van der Waals surface area contributed by atoms with E-state index in [1.807, 2.05) is 0 Å².